The first-order chi connectivity index (χ1) is 7.42. The van der Waals surface area contributed by atoms with E-state index in [1.807, 2.05) is 12.1 Å². The van der Waals surface area contributed by atoms with E-state index in [2.05, 4.69) is 22.4 Å². The molecular formula is C11H13N3O. The lowest BCUT2D eigenvalue weighted by atomic mass is 10.0. The molecule has 78 valence electrons. The fourth-order valence-electron chi connectivity index (χ4n) is 1.54. The van der Waals surface area contributed by atoms with Gasteiger partial charge in [0.1, 0.15) is 0 Å². The molecule has 0 aliphatic carbocycles. The maximum atomic E-state index is 5.09. The van der Waals surface area contributed by atoms with Crippen molar-refractivity contribution in [2.45, 2.75) is 13.0 Å². The molecule has 0 saturated heterocycles. The van der Waals surface area contributed by atoms with E-state index < -0.39 is 0 Å². The van der Waals surface area contributed by atoms with E-state index in [0.717, 1.165) is 17.7 Å². The third-order valence-corrected chi connectivity index (χ3v) is 2.23. The number of rotatable bonds is 4. The average Bonchev–Trinajstić information content (AvgIpc) is 2.80. The topological polar surface area (TPSA) is 51.0 Å². The third-order valence-electron chi connectivity index (χ3n) is 2.23. The monoisotopic (exact) mass is 203 g/mol. The standard InChI is InChI=1S/C11H13N3O/c1-2-12-11(10-4-6-15-8-10)9-3-5-13-14-7-9/h3-8,11-12H,2H2,1H3. The second-order valence-electron chi connectivity index (χ2n) is 3.22. The van der Waals surface area contributed by atoms with Crippen molar-refractivity contribution in [2.75, 3.05) is 6.54 Å². The molecule has 0 radical (unpaired) electrons. The molecule has 0 aliphatic heterocycles. The van der Waals surface area contributed by atoms with Crippen LogP contribution in [0.3, 0.4) is 0 Å². The molecule has 0 aliphatic rings. The Hall–Kier alpha value is -1.68. The summed E-state index contributed by atoms with van der Waals surface area (Å²) in [5.41, 5.74) is 2.19. The van der Waals surface area contributed by atoms with Crippen molar-refractivity contribution >= 4 is 0 Å². The lowest BCUT2D eigenvalue weighted by Crippen LogP contribution is -2.21. The molecule has 2 aromatic heterocycles. The Morgan fingerprint density at radius 2 is 2.27 bits per heavy atom. The highest BCUT2D eigenvalue weighted by atomic mass is 16.3. The minimum absolute atomic E-state index is 0.129. The molecule has 2 aromatic rings. The molecule has 4 nitrogen and oxygen atoms in total. The number of nitrogens with one attached hydrogen (secondary N) is 1. The first kappa shape index (κ1) is 9.86. The summed E-state index contributed by atoms with van der Waals surface area (Å²) in [6, 6.07) is 4.03. The third kappa shape index (κ3) is 2.22. The molecule has 0 saturated carbocycles. The summed E-state index contributed by atoms with van der Waals surface area (Å²) in [6.45, 7) is 2.96. The lowest BCUT2D eigenvalue weighted by molar-refractivity contribution is 0.552. The number of nitrogens with zero attached hydrogens (tertiary/aromatic N) is 2. The fourth-order valence-corrected chi connectivity index (χ4v) is 1.54. The normalized spacial score (nSPS) is 12.6. The molecule has 0 amide bonds. The fraction of sp³-hybridized carbons (Fsp3) is 0.273. The summed E-state index contributed by atoms with van der Waals surface area (Å²) in [6.07, 6.45) is 6.88. The number of furan rings is 1. The zero-order valence-electron chi connectivity index (χ0n) is 8.55. The quantitative estimate of drug-likeness (QED) is 0.822. The Labute approximate surface area is 88.3 Å². The van der Waals surface area contributed by atoms with Crippen molar-refractivity contribution in [3.63, 3.8) is 0 Å². The van der Waals surface area contributed by atoms with Gasteiger partial charge in [-0.05, 0) is 24.2 Å². The Bertz CT molecular complexity index is 385. The molecule has 0 fully saturated rings. The number of hydrogen-bond donors (Lipinski definition) is 1. The second kappa shape index (κ2) is 4.70. The molecule has 1 atom stereocenters. The van der Waals surface area contributed by atoms with Gasteiger partial charge in [0.2, 0.25) is 0 Å². The van der Waals surface area contributed by atoms with Crippen LogP contribution in [0.25, 0.3) is 0 Å². The van der Waals surface area contributed by atoms with Gasteiger partial charge in [0.15, 0.2) is 0 Å². The van der Waals surface area contributed by atoms with E-state index in [-0.39, 0.29) is 6.04 Å². The molecular weight excluding hydrogens is 190 g/mol. The average molecular weight is 203 g/mol. The van der Waals surface area contributed by atoms with Crippen molar-refractivity contribution in [1.29, 1.82) is 0 Å². The van der Waals surface area contributed by atoms with Crippen LogP contribution >= 0.6 is 0 Å². The van der Waals surface area contributed by atoms with Crippen LogP contribution in [0.15, 0.2) is 41.5 Å². The number of aromatic nitrogens is 2. The molecule has 0 spiro atoms. The van der Waals surface area contributed by atoms with Crippen LogP contribution in [0.2, 0.25) is 0 Å². The first-order valence-corrected chi connectivity index (χ1v) is 4.94. The van der Waals surface area contributed by atoms with E-state index in [1.165, 1.54) is 0 Å². The Morgan fingerprint density at radius 1 is 1.33 bits per heavy atom. The summed E-state index contributed by atoms with van der Waals surface area (Å²) in [5, 5.41) is 11.0. The van der Waals surface area contributed by atoms with Crippen LogP contribution in [0, 0.1) is 0 Å². The van der Waals surface area contributed by atoms with Crippen LogP contribution in [0.1, 0.15) is 24.1 Å². The number of hydrogen-bond acceptors (Lipinski definition) is 4. The van der Waals surface area contributed by atoms with Gasteiger partial charge in [-0.3, -0.25) is 0 Å². The summed E-state index contributed by atoms with van der Waals surface area (Å²) < 4.78 is 5.09. The van der Waals surface area contributed by atoms with Gasteiger partial charge in [0.05, 0.1) is 24.8 Å². The predicted octanol–water partition coefficient (Wildman–Crippen LogP) is 1.77. The van der Waals surface area contributed by atoms with Gasteiger partial charge in [0, 0.05) is 11.8 Å². The molecule has 4 heteroatoms. The van der Waals surface area contributed by atoms with Crippen LogP contribution in [0.5, 0.6) is 0 Å². The van der Waals surface area contributed by atoms with E-state index >= 15 is 0 Å². The van der Waals surface area contributed by atoms with Crippen LogP contribution in [-0.2, 0) is 0 Å². The van der Waals surface area contributed by atoms with Crippen molar-refractivity contribution in [3.05, 3.63) is 48.2 Å². The largest absolute Gasteiger partial charge is 0.472 e. The molecule has 1 N–H and O–H groups in total. The summed E-state index contributed by atoms with van der Waals surface area (Å²) in [4.78, 5) is 0. The predicted molar refractivity (Wildman–Crippen MR) is 56.3 cm³/mol. The van der Waals surface area contributed by atoms with Gasteiger partial charge in [0.25, 0.3) is 0 Å². The van der Waals surface area contributed by atoms with E-state index in [9.17, 15) is 0 Å². The zero-order valence-corrected chi connectivity index (χ0v) is 8.55. The SMILES string of the molecule is CCNC(c1ccnnc1)c1ccoc1. The van der Waals surface area contributed by atoms with Gasteiger partial charge in [-0.25, -0.2) is 0 Å². The second-order valence-corrected chi connectivity index (χ2v) is 3.22. The van der Waals surface area contributed by atoms with Crippen LogP contribution in [-0.4, -0.2) is 16.7 Å². The molecule has 2 rings (SSSR count). The molecule has 0 bridgehead atoms. The van der Waals surface area contributed by atoms with Crippen LogP contribution in [0.4, 0.5) is 0 Å². The summed E-state index contributed by atoms with van der Waals surface area (Å²) >= 11 is 0. The van der Waals surface area contributed by atoms with Gasteiger partial charge in [-0.1, -0.05) is 6.92 Å². The molecule has 2 heterocycles. The van der Waals surface area contributed by atoms with Crippen molar-refractivity contribution < 1.29 is 4.42 Å². The molecule has 1 unspecified atom stereocenters. The van der Waals surface area contributed by atoms with Crippen molar-refractivity contribution in [3.8, 4) is 0 Å². The van der Waals surface area contributed by atoms with E-state index in [1.54, 1.807) is 24.9 Å². The van der Waals surface area contributed by atoms with E-state index in [0.29, 0.717) is 0 Å². The molecule has 15 heavy (non-hydrogen) atoms. The summed E-state index contributed by atoms with van der Waals surface area (Å²) in [7, 11) is 0. The molecule has 0 aromatic carbocycles. The zero-order chi connectivity index (χ0) is 10.5. The minimum atomic E-state index is 0.129. The maximum absolute atomic E-state index is 5.09. The van der Waals surface area contributed by atoms with Crippen molar-refractivity contribution in [2.24, 2.45) is 0 Å². The van der Waals surface area contributed by atoms with Gasteiger partial charge in [-0.15, -0.1) is 0 Å². The smallest absolute Gasteiger partial charge is 0.0953 e. The minimum Gasteiger partial charge on any atom is -0.472 e. The van der Waals surface area contributed by atoms with Crippen LogP contribution < -0.4 is 5.32 Å². The van der Waals surface area contributed by atoms with E-state index in [4.69, 9.17) is 4.42 Å². The highest BCUT2D eigenvalue weighted by Crippen LogP contribution is 2.20. The maximum Gasteiger partial charge on any atom is 0.0953 e. The highest BCUT2D eigenvalue weighted by molar-refractivity contribution is 5.26. The highest BCUT2D eigenvalue weighted by Gasteiger charge is 2.13. The lowest BCUT2D eigenvalue weighted by Gasteiger charge is -2.15. The first-order valence-electron chi connectivity index (χ1n) is 4.94. The Morgan fingerprint density at radius 3 is 2.87 bits per heavy atom. The Kier molecular flexibility index (Phi) is 3.09. The van der Waals surface area contributed by atoms with Gasteiger partial charge >= 0.3 is 0 Å². The Balaban J connectivity index is 2.28. The van der Waals surface area contributed by atoms with Crippen molar-refractivity contribution in [1.82, 2.24) is 15.5 Å². The summed E-state index contributed by atoms with van der Waals surface area (Å²) in [5.74, 6) is 0. The van der Waals surface area contributed by atoms with Gasteiger partial charge in [-0.2, -0.15) is 10.2 Å². The van der Waals surface area contributed by atoms with Gasteiger partial charge < -0.3 is 9.73 Å².